The number of rotatable bonds is 4. The Morgan fingerprint density at radius 2 is 1.90 bits per heavy atom. The van der Waals surface area contributed by atoms with Crippen LogP contribution in [0, 0.1) is 11.6 Å². The first-order valence-corrected chi connectivity index (χ1v) is 6.26. The van der Waals surface area contributed by atoms with Gasteiger partial charge in [-0.1, -0.05) is 11.6 Å². The second kappa shape index (κ2) is 6.41. The number of carbonyl (C=O) groups is 1. The molecular weight excluding hydrogens is 302 g/mol. The first-order valence-electron chi connectivity index (χ1n) is 5.88. The Balaban J connectivity index is 1.97. The van der Waals surface area contributed by atoms with E-state index in [0.717, 1.165) is 6.07 Å². The molecule has 0 radical (unpaired) electrons. The average Bonchev–Trinajstić information content (AvgIpc) is 2.42. The van der Waals surface area contributed by atoms with Gasteiger partial charge in [0, 0.05) is 11.8 Å². The summed E-state index contributed by atoms with van der Waals surface area (Å²) in [4.78, 5) is 11.7. The van der Waals surface area contributed by atoms with Crippen molar-refractivity contribution in [1.82, 2.24) is 0 Å². The number of halogens is 3. The standard InChI is InChI=1S/C14H11ClF2N2O2/c15-11-5-8(16)6-12(17)14(11)19-13(20)7-21-10-3-1-9(18)2-4-10/h1-6H,7,18H2,(H,19,20). The molecule has 0 heterocycles. The zero-order valence-electron chi connectivity index (χ0n) is 10.7. The fourth-order valence-electron chi connectivity index (χ4n) is 1.55. The highest BCUT2D eigenvalue weighted by Gasteiger charge is 2.13. The third-order valence-electron chi connectivity index (χ3n) is 2.52. The number of nitrogens with two attached hydrogens (primary N) is 1. The highest BCUT2D eigenvalue weighted by molar-refractivity contribution is 6.33. The topological polar surface area (TPSA) is 64.3 Å². The van der Waals surface area contributed by atoms with E-state index in [1.54, 1.807) is 24.3 Å². The van der Waals surface area contributed by atoms with E-state index in [1.165, 1.54) is 0 Å². The van der Waals surface area contributed by atoms with E-state index in [1.807, 2.05) is 0 Å². The molecule has 3 N–H and O–H groups in total. The minimum absolute atomic E-state index is 0.228. The van der Waals surface area contributed by atoms with Gasteiger partial charge in [0.05, 0.1) is 10.7 Å². The number of carbonyl (C=O) groups excluding carboxylic acids is 1. The quantitative estimate of drug-likeness (QED) is 0.852. The van der Waals surface area contributed by atoms with E-state index in [4.69, 9.17) is 22.1 Å². The van der Waals surface area contributed by atoms with E-state index in [2.05, 4.69) is 5.32 Å². The smallest absolute Gasteiger partial charge is 0.262 e. The van der Waals surface area contributed by atoms with Crippen LogP contribution in [0.15, 0.2) is 36.4 Å². The number of benzene rings is 2. The molecule has 2 aromatic rings. The normalized spacial score (nSPS) is 10.2. The Morgan fingerprint density at radius 1 is 1.24 bits per heavy atom. The van der Waals surface area contributed by atoms with Gasteiger partial charge in [0.2, 0.25) is 0 Å². The maximum absolute atomic E-state index is 13.5. The van der Waals surface area contributed by atoms with Crippen LogP contribution in [-0.2, 0) is 4.79 Å². The van der Waals surface area contributed by atoms with Crippen molar-refractivity contribution in [1.29, 1.82) is 0 Å². The van der Waals surface area contributed by atoms with Crippen molar-refractivity contribution in [3.63, 3.8) is 0 Å². The van der Waals surface area contributed by atoms with Crippen molar-refractivity contribution in [2.75, 3.05) is 17.7 Å². The monoisotopic (exact) mass is 312 g/mol. The van der Waals surface area contributed by atoms with Crippen LogP contribution in [0.3, 0.4) is 0 Å². The molecule has 7 heteroatoms. The Bertz CT molecular complexity index is 640. The van der Waals surface area contributed by atoms with Gasteiger partial charge in [-0.25, -0.2) is 8.78 Å². The molecule has 2 rings (SSSR count). The van der Waals surface area contributed by atoms with Crippen molar-refractivity contribution >= 4 is 28.9 Å². The van der Waals surface area contributed by atoms with E-state index in [9.17, 15) is 13.6 Å². The number of anilines is 2. The molecule has 0 aliphatic rings. The zero-order chi connectivity index (χ0) is 15.4. The highest BCUT2D eigenvalue weighted by Crippen LogP contribution is 2.26. The molecule has 0 fully saturated rings. The second-order valence-corrected chi connectivity index (χ2v) is 4.56. The molecule has 0 saturated heterocycles. The summed E-state index contributed by atoms with van der Waals surface area (Å²) < 4.78 is 31.6. The first kappa shape index (κ1) is 15.1. The molecule has 0 aliphatic carbocycles. The van der Waals surface area contributed by atoms with Gasteiger partial charge in [0.25, 0.3) is 5.91 Å². The fourth-order valence-corrected chi connectivity index (χ4v) is 1.79. The number of ether oxygens (including phenoxy) is 1. The molecule has 0 unspecified atom stereocenters. The fraction of sp³-hybridized carbons (Fsp3) is 0.0714. The molecule has 0 bridgehead atoms. The van der Waals surface area contributed by atoms with Crippen LogP contribution >= 0.6 is 11.6 Å². The molecular formula is C14H11ClF2N2O2. The van der Waals surface area contributed by atoms with Crippen molar-refractivity contribution in [3.05, 3.63) is 53.1 Å². The number of amides is 1. The first-order chi connectivity index (χ1) is 9.95. The lowest BCUT2D eigenvalue weighted by Crippen LogP contribution is -2.21. The Labute approximate surface area is 124 Å². The van der Waals surface area contributed by atoms with E-state index >= 15 is 0 Å². The third kappa shape index (κ3) is 4.06. The molecule has 0 spiro atoms. The molecule has 0 aliphatic heterocycles. The van der Waals surface area contributed by atoms with E-state index in [-0.39, 0.29) is 17.3 Å². The molecule has 4 nitrogen and oxygen atoms in total. The van der Waals surface area contributed by atoms with E-state index in [0.29, 0.717) is 17.5 Å². The molecule has 0 aromatic heterocycles. The lowest BCUT2D eigenvalue weighted by molar-refractivity contribution is -0.118. The SMILES string of the molecule is Nc1ccc(OCC(=O)Nc2c(F)cc(F)cc2Cl)cc1. The van der Waals surface area contributed by atoms with Crippen molar-refractivity contribution in [2.24, 2.45) is 0 Å². The van der Waals surface area contributed by atoms with Crippen LogP contribution in [-0.4, -0.2) is 12.5 Å². The Morgan fingerprint density at radius 3 is 2.52 bits per heavy atom. The maximum atomic E-state index is 13.5. The average molecular weight is 313 g/mol. The molecule has 0 saturated carbocycles. The summed E-state index contributed by atoms with van der Waals surface area (Å²) >= 11 is 5.66. The van der Waals surface area contributed by atoms with Gasteiger partial charge in [0.15, 0.2) is 12.4 Å². The van der Waals surface area contributed by atoms with Crippen molar-refractivity contribution in [2.45, 2.75) is 0 Å². The second-order valence-electron chi connectivity index (χ2n) is 4.15. The summed E-state index contributed by atoms with van der Waals surface area (Å²) in [7, 11) is 0. The Kier molecular flexibility index (Phi) is 4.59. The number of nitrogens with one attached hydrogen (secondary N) is 1. The molecule has 21 heavy (non-hydrogen) atoms. The predicted octanol–water partition coefficient (Wildman–Crippen LogP) is 3.22. The van der Waals surface area contributed by atoms with Crippen LogP contribution < -0.4 is 15.8 Å². The highest BCUT2D eigenvalue weighted by atomic mass is 35.5. The largest absolute Gasteiger partial charge is 0.484 e. The third-order valence-corrected chi connectivity index (χ3v) is 2.82. The summed E-state index contributed by atoms with van der Waals surface area (Å²) in [5.74, 6) is -1.97. The summed E-state index contributed by atoms with van der Waals surface area (Å²) in [6, 6.07) is 7.94. The van der Waals surface area contributed by atoms with E-state index < -0.39 is 17.5 Å². The number of nitrogen functional groups attached to an aromatic ring is 1. The minimum atomic E-state index is -0.958. The van der Waals surface area contributed by atoms with Gasteiger partial charge in [-0.3, -0.25) is 4.79 Å². The molecule has 2 aromatic carbocycles. The van der Waals surface area contributed by atoms with Gasteiger partial charge in [-0.2, -0.15) is 0 Å². The van der Waals surface area contributed by atoms with Gasteiger partial charge < -0.3 is 15.8 Å². The van der Waals surface area contributed by atoms with Gasteiger partial charge in [-0.15, -0.1) is 0 Å². The molecule has 110 valence electrons. The number of hydrogen-bond acceptors (Lipinski definition) is 3. The van der Waals surface area contributed by atoms with Gasteiger partial charge in [0.1, 0.15) is 11.6 Å². The van der Waals surface area contributed by atoms with Crippen LogP contribution in [0.25, 0.3) is 0 Å². The zero-order valence-corrected chi connectivity index (χ0v) is 11.5. The Hall–Kier alpha value is -2.34. The molecule has 1 amide bonds. The summed E-state index contributed by atoms with van der Waals surface area (Å²) in [6.45, 7) is -0.350. The minimum Gasteiger partial charge on any atom is -0.484 e. The van der Waals surface area contributed by atoms with Crippen LogP contribution in [0.4, 0.5) is 20.2 Å². The molecule has 0 atom stereocenters. The van der Waals surface area contributed by atoms with Crippen molar-refractivity contribution < 1.29 is 18.3 Å². The predicted molar refractivity (Wildman–Crippen MR) is 76.3 cm³/mol. The summed E-state index contributed by atoms with van der Waals surface area (Å²) in [5.41, 5.74) is 5.78. The lowest BCUT2D eigenvalue weighted by Gasteiger charge is -2.10. The van der Waals surface area contributed by atoms with Gasteiger partial charge in [-0.05, 0) is 30.3 Å². The number of hydrogen-bond donors (Lipinski definition) is 2. The maximum Gasteiger partial charge on any atom is 0.262 e. The van der Waals surface area contributed by atoms with Crippen LogP contribution in [0.1, 0.15) is 0 Å². The van der Waals surface area contributed by atoms with Crippen LogP contribution in [0.5, 0.6) is 5.75 Å². The lowest BCUT2D eigenvalue weighted by atomic mass is 10.3. The summed E-state index contributed by atoms with van der Waals surface area (Å²) in [6.07, 6.45) is 0. The van der Waals surface area contributed by atoms with Crippen LogP contribution in [0.2, 0.25) is 5.02 Å². The van der Waals surface area contributed by atoms with Gasteiger partial charge >= 0.3 is 0 Å². The van der Waals surface area contributed by atoms with Crippen molar-refractivity contribution in [3.8, 4) is 5.75 Å². The summed E-state index contributed by atoms with van der Waals surface area (Å²) in [5, 5.41) is 2.00.